The number of aromatic nitrogens is 4. The molecular weight excluding hydrogens is 641 g/mol. The molecule has 5 aromatic carbocycles. The molecular formula is C42H32N4OS2. The molecule has 0 N–H and O–H groups in total. The molecule has 0 unspecified atom stereocenters. The molecule has 0 atom stereocenters. The molecule has 0 saturated carbocycles. The van der Waals surface area contributed by atoms with Crippen molar-refractivity contribution in [3.63, 3.8) is 0 Å². The van der Waals surface area contributed by atoms with Crippen LogP contribution in [-0.4, -0.2) is 33.1 Å². The Morgan fingerprint density at radius 3 is 1.84 bits per heavy atom. The minimum absolute atomic E-state index is 0.764. The molecule has 7 heteroatoms. The lowest BCUT2D eigenvalue weighted by molar-refractivity contribution is 0.415. The van der Waals surface area contributed by atoms with E-state index in [1.165, 1.54) is 4.21 Å². The number of hydrogen-bond acceptors (Lipinski definition) is 6. The molecule has 5 nitrogen and oxygen atoms in total. The highest BCUT2D eigenvalue weighted by Crippen LogP contribution is 2.44. The maximum Gasteiger partial charge on any atom is 0.138 e. The van der Waals surface area contributed by atoms with Gasteiger partial charge in [0, 0.05) is 22.7 Å². The van der Waals surface area contributed by atoms with E-state index in [4.69, 9.17) is 14.8 Å². The molecule has 0 radical (unpaired) electrons. The van der Waals surface area contributed by atoms with Gasteiger partial charge in [-0.15, -0.1) is 23.1 Å². The second kappa shape index (κ2) is 13.2. The summed E-state index contributed by atoms with van der Waals surface area (Å²) in [5.41, 5.74) is 8.30. The maximum absolute atomic E-state index is 5.53. The van der Waals surface area contributed by atoms with Gasteiger partial charge in [-0.2, -0.15) is 5.10 Å². The summed E-state index contributed by atoms with van der Waals surface area (Å²) in [6, 6.07) is 50.8. The van der Waals surface area contributed by atoms with Gasteiger partial charge in [-0.1, -0.05) is 97.1 Å². The van der Waals surface area contributed by atoms with E-state index in [1.807, 2.05) is 12.1 Å². The summed E-state index contributed by atoms with van der Waals surface area (Å²) in [7, 11) is 1.69. The van der Waals surface area contributed by atoms with E-state index in [-0.39, 0.29) is 0 Å². The molecule has 0 bridgehead atoms. The summed E-state index contributed by atoms with van der Waals surface area (Å²) in [4.78, 5) is 10.5. The van der Waals surface area contributed by atoms with Crippen molar-refractivity contribution in [3.8, 4) is 38.7 Å². The van der Waals surface area contributed by atoms with Crippen LogP contribution >= 0.6 is 23.1 Å². The van der Waals surface area contributed by atoms with Crippen molar-refractivity contribution in [2.75, 3.05) is 13.4 Å². The van der Waals surface area contributed by atoms with Crippen LogP contribution < -0.4 is 4.74 Å². The number of thiophene rings is 1. The van der Waals surface area contributed by atoms with Crippen LogP contribution in [-0.2, 0) is 5.54 Å². The van der Waals surface area contributed by atoms with E-state index < -0.39 is 5.54 Å². The molecule has 0 aliphatic rings. The van der Waals surface area contributed by atoms with Gasteiger partial charge in [0.05, 0.1) is 27.4 Å². The van der Waals surface area contributed by atoms with Crippen molar-refractivity contribution in [1.82, 2.24) is 19.7 Å². The normalized spacial score (nSPS) is 11.6. The van der Waals surface area contributed by atoms with Crippen molar-refractivity contribution in [2.24, 2.45) is 0 Å². The van der Waals surface area contributed by atoms with E-state index in [9.17, 15) is 0 Å². The smallest absolute Gasteiger partial charge is 0.138 e. The first kappa shape index (κ1) is 30.8. The van der Waals surface area contributed by atoms with Crippen LogP contribution in [0.2, 0.25) is 0 Å². The average molecular weight is 673 g/mol. The molecule has 0 aliphatic heterocycles. The Kier molecular flexibility index (Phi) is 8.29. The first-order valence-corrected chi connectivity index (χ1v) is 18.0. The van der Waals surface area contributed by atoms with Crippen molar-refractivity contribution in [3.05, 3.63) is 175 Å². The zero-order chi connectivity index (χ0) is 33.2. The molecule has 0 spiro atoms. The quantitative estimate of drug-likeness (QED) is 0.113. The number of benzene rings is 5. The second-order valence-corrected chi connectivity index (χ2v) is 13.8. The fraction of sp³-hybridized carbons (Fsp3) is 0.0714. The van der Waals surface area contributed by atoms with Gasteiger partial charge >= 0.3 is 0 Å². The number of rotatable bonds is 9. The van der Waals surface area contributed by atoms with Gasteiger partial charge in [-0.3, -0.25) is 4.68 Å². The molecule has 0 saturated heterocycles. The van der Waals surface area contributed by atoms with E-state index >= 15 is 0 Å². The minimum Gasteiger partial charge on any atom is -0.497 e. The van der Waals surface area contributed by atoms with Gasteiger partial charge in [-0.05, 0) is 77.0 Å². The lowest BCUT2D eigenvalue weighted by Gasteiger charge is -2.36. The maximum atomic E-state index is 5.53. The summed E-state index contributed by atoms with van der Waals surface area (Å²) in [6.45, 7) is 0. The van der Waals surface area contributed by atoms with Crippen LogP contribution in [0, 0.1) is 0 Å². The molecule has 3 heterocycles. The van der Waals surface area contributed by atoms with Crippen molar-refractivity contribution >= 4 is 34.0 Å². The van der Waals surface area contributed by atoms with Gasteiger partial charge in [0.2, 0.25) is 0 Å². The molecule has 3 aromatic heterocycles. The molecule has 8 aromatic rings. The number of thioether (sulfide) groups is 1. The zero-order valence-corrected chi connectivity index (χ0v) is 28.7. The van der Waals surface area contributed by atoms with E-state index in [0.29, 0.717) is 0 Å². The summed E-state index contributed by atoms with van der Waals surface area (Å²) < 4.78 is 8.93. The van der Waals surface area contributed by atoms with E-state index in [2.05, 4.69) is 156 Å². The number of hydrogen-bond donors (Lipinski definition) is 0. The topological polar surface area (TPSA) is 52.8 Å². The summed E-state index contributed by atoms with van der Waals surface area (Å²) in [5.74, 6) is 0.796. The van der Waals surface area contributed by atoms with Gasteiger partial charge in [0.25, 0.3) is 0 Å². The lowest BCUT2D eigenvalue weighted by Crippen LogP contribution is -2.38. The minimum atomic E-state index is -0.764. The Balaban J connectivity index is 1.42. The fourth-order valence-corrected chi connectivity index (χ4v) is 8.19. The van der Waals surface area contributed by atoms with Crippen LogP contribution in [0.1, 0.15) is 16.7 Å². The standard InChI is InChI=1S/C42H32N4OS2/c1-47-34-21-18-29(19-22-34)40-36(30-20-23-37-35(26-30)41(44-28-43-37)38-24-25-39(48-2)49-38)27-46(45-40)42(31-12-6-3-7-13-31,32-14-8-4-9-15-32)33-16-10-5-11-17-33/h3-28H,1-2H3. The van der Waals surface area contributed by atoms with Gasteiger partial charge in [0.15, 0.2) is 0 Å². The molecule has 0 fully saturated rings. The van der Waals surface area contributed by atoms with Gasteiger partial charge in [0.1, 0.15) is 23.3 Å². The van der Waals surface area contributed by atoms with Crippen LogP contribution in [0.5, 0.6) is 5.75 Å². The highest BCUT2D eigenvalue weighted by molar-refractivity contribution is 8.00. The molecule has 0 aliphatic carbocycles. The Bertz CT molecular complexity index is 2260. The van der Waals surface area contributed by atoms with Crippen molar-refractivity contribution in [2.45, 2.75) is 9.75 Å². The van der Waals surface area contributed by atoms with E-state index in [0.717, 1.165) is 66.3 Å². The number of fused-ring (bicyclic) bond motifs is 1. The highest BCUT2D eigenvalue weighted by atomic mass is 32.2. The molecule has 8 rings (SSSR count). The third kappa shape index (κ3) is 5.51. The Labute approximate surface area is 293 Å². The Morgan fingerprint density at radius 1 is 0.653 bits per heavy atom. The number of ether oxygens (including phenoxy) is 1. The van der Waals surface area contributed by atoms with E-state index in [1.54, 1.807) is 36.5 Å². The summed E-state index contributed by atoms with van der Waals surface area (Å²) in [5, 5.41) is 6.54. The highest BCUT2D eigenvalue weighted by Gasteiger charge is 2.40. The number of nitrogens with zero attached hydrogens (tertiary/aromatic N) is 4. The molecule has 49 heavy (non-hydrogen) atoms. The first-order valence-electron chi connectivity index (χ1n) is 16.0. The third-order valence-electron chi connectivity index (χ3n) is 8.96. The fourth-order valence-electron chi connectivity index (χ4n) is 6.63. The second-order valence-electron chi connectivity index (χ2n) is 11.6. The van der Waals surface area contributed by atoms with Crippen LogP contribution in [0.3, 0.4) is 0 Å². The molecule has 0 amide bonds. The predicted molar refractivity (Wildman–Crippen MR) is 202 cm³/mol. The third-order valence-corrected chi connectivity index (χ3v) is 11.1. The average Bonchev–Trinajstić information content (AvgIpc) is 3.85. The van der Waals surface area contributed by atoms with Crippen LogP contribution in [0.15, 0.2) is 162 Å². The first-order chi connectivity index (χ1) is 24.2. The summed E-state index contributed by atoms with van der Waals surface area (Å²) in [6.07, 6.45) is 5.96. The monoisotopic (exact) mass is 672 g/mol. The summed E-state index contributed by atoms with van der Waals surface area (Å²) >= 11 is 3.50. The van der Waals surface area contributed by atoms with Gasteiger partial charge in [-0.25, -0.2) is 9.97 Å². The lowest BCUT2D eigenvalue weighted by atomic mass is 9.77. The van der Waals surface area contributed by atoms with Crippen LogP contribution in [0.4, 0.5) is 0 Å². The van der Waals surface area contributed by atoms with Crippen molar-refractivity contribution < 1.29 is 4.74 Å². The zero-order valence-electron chi connectivity index (χ0n) is 27.0. The SMILES string of the molecule is COc1ccc(-c2nn(C(c3ccccc3)(c3ccccc3)c3ccccc3)cc2-c2ccc3ncnc(-c4ccc(SC)s4)c3c2)cc1. The van der Waals surface area contributed by atoms with Crippen LogP contribution in [0.25, 0.3) is 43.9 Å². The molecule has 238 valence electrons. The largest absolute Gasteiger partial charge is 0.497 e. The number of methoxy groups -OCH3 is 1. The van der Waals surface area contributed by atoms with Crippen molar-refractivity contribution in [1.29, 1.82) is 0 Å². The van der Waals surface area contributed by atoms with Gasteiger partial charge < -0.3 is 4.74 Å². The Hall–Kier alpha value is -5.50. The Morgan fingerprint density at radius 2 is 1.27 bits per heavy atom. The predicted octanol–water partition coefficient (Wildman–Crippen LogP) is 10.5.